The van der Waals surface area contributed by atoms with Crippen LogP contribution in [0.15, 0.2) is 133 Å². The Kier molecular flexibility index (Phi) is 10.2. The molecule has 0 radical (unpaired) electrons. The Labute approximate surface area is 291 Å². The summed E-state index contributed by atoms with van der Waals surface area (Å²) in [5.41, 5.74) is 14.3. The minimum atomic E-state index is 0.0439. The summed E-state index contributed by atoms with van der Waals surface area (Å²) < 4.78 is 0. The standard InChI is InChI=1S/C47H57N/c1-9-12-19-33(5)43-30-35(25-27-38(43)32(4)18-10-2)48(36-26-28-40-34(6)39-20-13-14-21-41(39)44(40)31-36)29-17-24-45-37(11-3)42-22-15-16-23-46(42)47(45,7)8/h11-12,14-17,19,21-28,31-32,34,37,43,45H,3,5,9-10,13,18,20,29-30H2,1-2,4,6-8H3/b19-12-,24-17-. The van der Waals surface area contributed by atoms with Crippen LogP contribution in [0.5, 0.6) is 0 Å². The lowest BCUT2D eigenvalue weighted by atomic mass is 9.75. The minimum Gasteiger partial charge on any atom is -0.341 e. The molecule has 0 saturated heterocycles. The monoisotopic (exact) mass is 635 g/mol. The first-order valence-corrected chi connectivity index (χ1v) is 18.7. The quantitative estimate of drug-likeness (QED) is 0.166. The van der Waals surface area contributed by atoms with Crippen LogP contribution in [0.4, 0.5) is 5.69 Å². The van der Waals surface area contributed by atoms with E-state index in [4.69, 9.17) is 0 Å². The predicted octanol–water partition coefficient (Wildman–Crippen LogP) is 12.9. The zero-order chi connectivity index (χ0) is 34.0. The number of nitrogens with zero attached hydrogens (tertiary/aromatic N) is 1. The van der Waals surface area contributed by atoms with Crippen LogP contribution in [-0.2, 0) is 5.41 Å². The maximum absolute atomic E-state index is 4.63. The van der Waals surface area contributed by atoms with E-state index in [1.807, 2.05) is 0 Å². The molecule has 0 aromatic heterocycles. The van der Waals surface area contributed by atoms with Gasteiger partial charge in [0, 0.05) is 35.7 Å². The fourth-order valence-electron chi connectivity index (χ4n) is 9.18. The normalized spacial score (nSPS) is 24.7. The van der Waals surface area contributed by atoms with Gasteiger partial charge in [-0.2, -0.15) is 0 Å². The Balaban J connectivity index is 1.39. The molecule has 0 N–H and O–H groups in total. The van der Waals surface area contributed by atoms with E-state index in [1.165, 1.54) is 69.6 Å². The first-order valence-electron chi connectivity index (χ1n) is 18.7. The third-order valence-corrected chi connectivity index (χ3v) is 11.9. The van der Waals surface area contributed by atoms with Crippen LogP contribution in [0.3, 0.4) is 0 Å². The number of benzene rings is 2. The summed E-state index contributed by atoms with van der Waals surface area (Å²) in [6, 6.07) is 16.3. The summed E-state index contributed by atoms with van der Waals surface area (Å²) >= 11 is 0. The van der Waals surface area contributed by atoms with E-state index in [1.54, 1.807) is 5.57 Å². The van der Waals surface area contributed by atoms with Crippen molar-refractivity contribution >= 4 is 11.3 Å². The molecule has 0 fully saturated rings. The van der Waals surface area contributed by atoms with Crippen molar-refractivity contribution in [3.05, 3.63) is 155 Å². The summed E-state index contributed by atoms with van der Waals surface area (Å²) in [5.74, 6) is 2.05. The van der Waals surface area contributed by atoms with Gasteiger partial charge in [0.15, 0.2) is 0 Å². The van der Waals surface area contributed by atoms with Gasteiger partial charge in [-0.05, 0) is 101 Å². The van der Waals surface area contributed by atoms with Gasteiger partial charge in [0.1, 0.15) is 0 Å². The van der Waals surface area contributed by atoms with Crippen molar-refractivity contribution < 1.29 is 0 Å². The molecule has 48 heavy (non-hydrogen) atoms. The maximum atomic E-state index is 4.63. The van der Waals surface area contributed by atoms with Gasteiger partial charge in [-0.1, -0.05) is 145 Å². The average Bonchev–Trinajstić information content (AvgIpc) is 3.51. The molecular formula is C47H57N. The molecule has 6 rings (SSSR count). The molecule has 0 amide bonds. The van der Waals surface area contributed by atoms with E-state index >= 15 is 0 Å². The maximum Gasteiger partial charge on any atom is 0.0417 e. The molecule has 0 saturated carbocycles. The van der Waals surface area contributed by atoms with Gasteiger partial charge >= 0.3 is 0 Å². The van der Waals surface area contributed by atoms with E-state index in [0.29, 0.717) is 29.6 Å². The topological polar surface area (TPSA) is 3.24 Å². The van der Waals surface area contributed by atoms with Crippen LogP contribution in [0.25, 0.3) is 5.57 Å². The highest BCUT2D eigenvalue weighted by Gasteiger charge is 2.43. The second-order valence-electron chi connectivity index (χ2n) is 15.2. The predicted molar refractivity (Wildman–Crippen MR) is 209 cm³/mol. The molecule has 1 heteroatoms. The molecule has 250 valence electrons. The lowest BCUT2D eigenvalue weighted by molar-refractivity contribution is 0.396. The highest BCUT2D eigenvalue weighted by Crippen LogP contribution is 2.52. The molecule has 2 aromatic carbocycles. The van der Waals surface area contributed by atoms with Crippen molar-refractivity contribution in [2.45, 2.75) is 97.3 Å². The molecule has 0 heterocycles. The largest absolute Gasteiger partial charge is 0.341 e. The van der Waals surface area contributed by atoms with Crippen LogP contribution < -0.4 is 4.90 Å². The zero-order valence-corrected chi connectivity index (χ0v) is 30.4. The van der Waals surface area contributed by atoms with Crippen molar-refractivity contribution in [2.75, 3.05) is 11.4 Å². The van der Waals surface area contributed by atoms with Gasteiger partial charge in [0.05, 0.1) is 0 Å². The number of allylic oxidation sites excluding steroid dienone is 13. The Morgan fingerprint density at radius 3 is 2.65 bits per heavy atom. The van der Waals surface area contributed by atoms with Crippen LogP contribution in [0.2, 0.25) is 0 Å². The van der Waals surface area contributed by atoms with Crippen LogP contribution >= 0.6 is 0 Å². The summed E-state index contributed by atoms with van der Waals surface area (Å²) in [4.78, 5) is 2.59. The zero-order valence-electron chi connectivity index (χ0n) is 30.4. The first-order chi connectivity index (χ1) is 23.2. The molecular weight excluding hydrogens is 579 g/mol. The highest BCUT2D eigenvalue weighted by molar-refractivity contribution is 5.87. The molecule has 5 unspecified atom stereocenters. The average molecular weight is 636 g/mol. The summed E-state index contributed by atoms with van der Waals surface area (Å²) in [7, 11) is 0. The van der Waals surface area contributed by atoms with E-state index in [-0.39, 0.29) is 5.41 Å². The number of anilines is 1. The fraction of sp³-hybridized carbons (Fsp3) is 0.404. The third-order valence-electron chi connectivity index (χ3n) is 11.9. The molecule has 0 spiro atoms. The fourth-order valence-corrected chi connectivity index (χ4v) is 9.18. The van der Waals surface area contributed by atoms with E-state index in [0.717, 1.165) is 25.8 Å². The Morgan fingerprint density at radius 2 is 1.88 bits per heavy atom. The summed E-state index contributed by atoms with van der Waals surface area (Å²) in [6.07, 6.45) is 28.0. The van der Waals surface area contributed by atoms with E-state index in [9.17, 15) is 0 Å². The minimum absolute atomic E-state index is 0.0439. The van der Waals surface area contributed by atoms with Crippen molar-refractivity contribution in [1.82, 2.24) is 0 Å². The van der Waals surface area contributed by atoms with Crippen molar-refractivity contribution in [2.24, 2.45) is 17.8 Å². The number of hydrogen-bond donors (Lipinski definition) is 0. The van der Waals surface area contributed by atoms with Crippen molar-refractivity contribution in [3.8, 4) is 0 Å². The van der Waals surface area contributed by atoms with Gasteiger partial charge in [-0.15, -0.1) is 6.58 Å². The van der Waals surface area contributed by atoms with Gasteiger partial charge in [0.2, 0.25) is 0 Å². The molecule has 5 atom stereocenters. The Morgan fingerprint density at radius 1 is 1.06 bits per heavy atom. The van der Waals surface area contributed by atoms with E-state index in [2.05, 4.69) is 157 Å². The Hall–Kier alpha value is -3.84. The van der Waals surface area contributed by atoms with Gasteiger partial charge in [-0.25, -0.2) is 0 Å². The third kappa shape index (κ3) is 6.22. The number of fused-ring (bicyclic) bond motifs is 3. The van der Waals surface area contributed by atoms with Gasteiger partial charge in [-0.3, -0.25) is 0 Å². The molecule has 0 bridgehead atoms. The lowest BCUT2D eigenvalue weighted by Gasteiger charge is -2.35. The molecule has 0 aliphatic heterocycles. The summed E-state index contributed by atoms with van der Waals surface area (Å²) in [5, 5.41) is 0. The molecule has 4 aliphatic carbocycles. The smallest absolute Gasteiger partial charge is 0.0417 e. The highest BCUT2D eigenvalue weighted by atomic mass is 15.1. The molecule has 1 nitrogen and oxygen atoms in total. The summed E-state index contributed by atoms with van der Waals surface area (Å²) in [6.45, 7) is 23.9. The van der Waals surface area contributed by atoms with E-state index < -0.39 is 0 Å². The second kappa shape index (κ2) is 14.3. The number of rotatable bonds is 12. The van der Waals surface area contributed by atoms with Crippen LogP contribution in [0.1, 0.15) is 114 Å². The van der Waals surface area contributed by atoms with Crippen LogP contribution in [0, 0.1) is 17.8 Å². The molecule has 2 aromatic rings. The van der Waals surface area contributed by atoms with Crippen molar-refractivity contribution in [3.63, 3.8) is 0 Å². The Bertz CT molecular complexity index is 1730. The molecule has 4 aliphatic rings. The van der Waals surface area contributed by atoms with Crippen LogP contribution in [-0.4, -0.2) is 6.54 Å². The number of hydrogen-bond acceptors (Lipinski definition) is 1. The SMILES string of the molecule is C=CC1c2ccccc2C(C)(C)C1/C=C\CN(C1=CC=C(C(C)CCC)C(C(=C)/C=C\CC)C1)c1ccc2c(c1)C1=C(CCC=C1)C2C. The van der Waals surface area contributed by atoms with Gasteiger partial charge in [0.25, 0.3) is 0 Å². The van der Waals surface area contributed by atoms with Gasteiger partial charge < -0.3 is 4.90 Å². The second-order valence-corrected chi connectivity index (χ2v) is 15.2. The first kappa shape index (κ1) is 34.0. The lowest BCUT2D eigenvalue weighted by Crippen LogP contribution is -2.28. The van der Waals surface area contributed by atoms with Crippen molar-refractivity contribution in [1.29, 1.82) is 0 Å².